The fourth-order valence-corrected chi connectivity index (χ4v) is 2.30. The second kappa shape index (κ2) is 7.08. The van der Waals surface area contributed by atoms with Crippen molar-refractivity contribution < 1.29 is 14.3 Å². The highest BCUT2D eigenvalue weighted by Crippen LogP contribution is 2.14. The van der Waals surface area contributed by atoms with Crippen molar-refractivity contribution in [1.82, 2.24) is 10.2 Å². The summed E-state index contributed by atoms with van der Waals surface area (Å²) in [6.45, 7) is 1.38. The first-order chi connectivity index (χ1) is 10.0. The van der Waals surface area contributed by atoms with Crippen LogP contribution in [-0.4, -0.2) is 43.0 Å². The first-order valence-corrected chi connectivity index (χ1v) is 7.02. The van der Waals surface area contributed by atoms with E-state index in [1.807, 2.05) is 31.3 Å². The highest BCUT2D eigenvalue weighted by molar-refractivity contribution is 5.76. The highest BCUT2D eigenvalue weighted by Gasteiger charge is 2.21. The van der Waals surface area contributed by atoms with Crippen molar-refractivity contribution in [1.29, 1.82) is 0 Å². The number of primary amides is 1. The lowest BCUT2D eigenvalue weighted by molar-refractivity contribution is -0.132. The Morgan fingerprint density at radius 1 is 1.43 bits per heavy atom. The van der Waals surface area contributed by atoms with Gasteiger partial charge < -0.3 is 20.7 Å². The number of likely N-dealkylation sites (N-methyl/N-ethyl adjacent to an activating group) is 1. The average molecular weight is 291 g/mol. The van der Waals surface area contributed by atoms with Crippen LogP contribution < -0.4 is 15.8 Å². The molecule has 1 aliphatic heterocycles. The van der Waals surface area contributed by atoms with Crippen LogP contribution in [0.5, 0.6) is 5.75 Å². The maximum Gasteiger partial charge on any atom is 0.255 e. The minimum absolute atomic E-state index is 0.111. The standard InChI is InChI=1S/C15H21N3O3/c1-18-9-12(4-7-15(18)20)17-8-11-2-5-13(6-3-11)21-10-14(16)19/h2-3,5-6,12,17H,4,7-10H2,1H3,(H2,16,19). The molecule has 1 fully saturated rings. The van der Waals surface area contributed by atoms with Crippen LogP contribution in [-0.2, 0) is 16.1 Å². The first kappa shape index (κ1) is 15.3. The number of nitrogens with zero attached hydrogens (tertiary/aromatic N) is 1. The summed E-state index contributed by atoms with van der Waals surface area (Å²) in [7, 11) is 1.83. The molecule has 6 nitrogen and oxygen atoms in total. The van der Waals surface area contributed by atoms with Gasteiger partial charge in [-0.25, -0.2) is 0 Å². The summed E-state index contributed by atoms with van der Waals surface area (Å²) in [6.07, 6.45) is 1.48. The van der Waals surface area contributed by atoms with Crippen LogP contribution in [0.15, 0.2) is 24.3 Å². The van der Waals surface area contributed by atoms with E-state index < -0.39 is 5.91 Å². The number of hydrogen-bond donors (Lipinski definition) is 2. The van der Waals surface area contributed by atoms with E-state index in [1.165, 1.54) is 0 Å². The van der Waals surface area contributed by atoms with Crippen molar-refractivity contribution in [2.45, 2.75) is 25.4 Å². The molecule has 0 aromatic heterocycles. The lowest BCUT2D eigenvalue weighted by Crippen LogP contribution is -2.46. The first-order valence-electron chi connectivity index (χ1n) is 7.02. The van der Waals surface area contributed by atoms with Crippen molar-refractivity contribution in [3.63, 3.8) is 0 Å². The number of nitrogens with one attached hydrogen (secondary N) is 1. The number of piperidine rings is 1. The fourth-order valence-electron chi connectivity index (χ4n) is 2.30. The fraction of sp³-hybridized carbons (Fsp3) is 0.467. The summed E-state index contributed by atoms with van der Waals surface area (Å²) < 4.78 is 5.20. The van der Waals surface area contributed by atoms with E-state index in [2.05, 4.69) is 5.32 Å². The van der Waals surface area contributed by atoms with Gasteiger partial charge in [0.15, 0.2) is 6.61 Å². The Balaban J connectivity index is 1.78. The van der Waals surface area contributed by atoms with E-state index >= 15 is 0 Å². The molecule has 3 N–H and O–H groups in total. The summed E-state index contributed by atoms with van der Waals surface area (Å²) in [5.41, 5.74) is 6.15. The zero-order valence-corrected chi connectivity index (χ0v) is 12.2. The molecule has 1 saturated heterocycles. The SMILES string of the molecule is CN1CC(NCc2ccc(OCC(N)=O)cc2)CCC1=O. The normalized spacial score (nSPS) is 18.6. The molecule has 6 heteroatoms. The van der Waals surface area contributed by atoms with Crippen molar-refractivity contribution in [3.8, 4) is 5.75 Å². The van der Waals surface area contributed by atoms with Crippen molar-refractivity contribution >= 4 is 11.8 Å². The van der Waals surface area contributed by atoms with Crippen molar-refractivity contribution in [3.05, 3.63) is 29.8 Å². The molecule has 2 rings (SSSR count). The zero-order chi connectivity index (χ0) is 15.2. The third-order valence-corrected chi connectivity index (χ3v) is 3.53. The number of likely N-dealkylation sites (tertiary alicyclic amines) is 1. The molecule has 1 atom stereocenters. The molecule has 0 aliphatic carbocycles. The molecule has 1 unspecified atom stereocenters. The monoisotopic (exact) mass is 291 g/mol. The lowest BCUT2D eigenvalue weighted by atomic mass is 10.1. The number of hydrogen-bond acceptors (Lipinski definition) is 4. The smallest absolute Gasteiger partial charge is 0.255 e. The van der Waals surface area contributed by atoms with Crippen LogP contribution >= 0.6 is 0 Å². The van der Waals surface area contributed by atoms with Crippen molar-refractivity contribution in [2.24, 2.45) is 5.73 Å². The van der Waals surface area contributed by atoms with Gasteiger partial charge >= 0.3 is 0 Å². The van der Waals surface area contributed by atoms with Crippen LogP contribution in [0.1, 0.15) is 18.4 Å². The largest absolute Gasteiger partial charge is 0.484 e. The Bertz CT molecular complexity index is 501. The maximum absolute atomic E-state index is 11.4. The molecule has 2 amide bonds. The molecule has 0 saturated carbocycles. The van der Waals surface area contributed by atoms with E-state index in [-0.39, 0.29) is 12.5 Å². The van der Waals surface area contributed by atoms with E-state index in [0.717, 1.165) is 25.1 Å². The second-order valence-corrected chi connectivity index (χ2v) is 5.29. The summed E-state index contributed by atoms with van der Waals surface area (Å²) in [4.78, 5) is 23.8. The Kier molecular flexibility index (Phi) is 5.16. The third-order valence-electron chi connectivity index (χ3n) is 3.53. The van der Waals surface area contributed by atoms with Crippen molar-refractivity contribution in [2.75, 3.05) is 20.2 Å². The zero-order valence-electron chi connectivity index (χ0n) is 12.2. The van der Waals surface area contributed by atoms with Gasteiger partial charge in [-0.1, -0.05) is 12.1 Å². The molecule has 21 heavy (non-hydrogen) atoms. The van der Waals surface area contributed by atoms with Crippen LogP contribution in [0.3, 0.4) is 0 Å². The molecule has 0 radical (unpaired) electrons. The molecule has 1 aliphatic rings. The Morgan fingerprint density at radius 2 is 2.14 bits per heavy atom. The summed E-state index contributed by atoms with van der Waals surface area (Å²) in [5, 5.41) is 3.45. The molecular weight excluding hydrogens is 270 g/mol. The Hall–Kier alpha value is -2.08. The van der Waals surface area contributed by atoms with Crippen LogP contribution in [0.4, 0.5) is 0 Å². The van der Waals surface area contributed by atoms with E-state index in [4.69, 9.17) is 10.5 Å². The maximum atomic E-state index is 11.4. The number of amides is 2. The predicted molar refractivity (Wildman–Crippen MR) is 78.6 cm³/mol. The quantitative estimate of drug-likeness (QED) is 0.787. The predicted octanol–water partition coefficient (Wildman–Crippen LogP) is 0.261. The van der Waals surface area contributed by atoms with Gasteiger partial charge in [0.05, 0.1) is 0 Å². The highest BCUT2D eigenvalue weighted by atomic mass is 16.5. The number of nitrogens with two attached hydrogens (primary N) is 1. The van der Waals surface area contributed by atoms with Crippen LogP contribution in [0.2, 0.25) is 0 Å². The lowest BCUT2D eigenvalue weighted by Gasteiger charge is -2.30. The number of carbonyl (C=O) groups is 2. The number of carbonyl (C=O) groups excluding carboxylic acids is 2. The summed E-state index contributed by atoms with van der Waals surface area (Å²) in [5.74, 6) is 0.348. The minimum Gasteiger partial charge on any atom is -0.484 e. The average Bonchev–Trinajstić information content (AvgIpc) is 2.47. The minimum atomic E-state index is -0.489. The third kappa shape index (κ3) is 4.75. The molecule has 1 heterocycles. The van der Waals surface area contributed by atoms with Gasteiger partial charge in [0.1, 0.15) is 5.75 Å². The van der Waals surface area contributed by atoms with Gasteiger partial charge in [-0.2, -0.15) is 0 Å². The van der Waals surface area contributed by atoms with Gasteiger partial charge in [-0.15, -0.1) is 0 Å². The summed E-state index contributed by atoms with van der Waals surface area (Å²) >= 11 is 0. The molecule has 0 bridgehead atoms. The van der Waals surface area contributed by atoms with Gasteiger partial charge in [0, 0.05) is 32.6 Å². The van der Waals surface area contributed by atoms with Gasteiger partial charge in [-0.3, -0.25) is 9.59 Å². The van der Waals surface area contributed by atoms with E-state index in [0.29, 0.717) is 18.2 Å². The summed E-state index contributed by atoms with van der Waals surface area (Å²) in [6, 6.07) is 7.85. The van der Waals surface area contributed by atoms with Crippen LogP contribution in [0.25, 0.3) is 0 Å². The number of rotatable bonds is 6. The van der Waals surface area contributed by atoms with Crippen LogP contribution in [0, 0.1) is 0 Å². The topological polar surface area (TPSA) is 84.7 Å². The molecular formula is C15H21N3O3. The molecule has 0 spiro atoms. The molecule has 114 valence electrons. The Labute approximate surface area is 124 Å². The Morgan fingerprint density at radius 3 is 2.76 bits per heavy atom. The van der Waals surface area contributed by atoms with Gasteiger partial charge in [0.2, 0.25) is 5.91 Å². The molecule has 1 aromatic carbocycles. The second-order valence-electron chi connectivity index (χ2n) is 5.29. The van der Waals surface area contributed by atoms with Gasteiger partial charge in [-0.05, 0) is 24.1 Å². The number of ether oxygens (including phenoxy) is 1. The van der Waals surface area contributed by atoms with E-state index in [9.17, 15) is 9.59 Å². The molecule has 1 aromatic rings. The van der Waals surface area contributed by atoms with Gasteiger partial charge in [0.25, 0.3) is 5.91 Å². The number of benzene rings is 1. The van der Waals surface area contributed by atoms with E-state index in [1.54, 1.807) is 4.90 Å².